The molecule has 3 rings (SSSR count). The van der Waals surface area contributed by atoms with Crippen LogP contribution in [-0.2, 0) is 6.54 Å². The number of thioether (sulfide) groups is 1. The molecular formula is C10H9FN4OS. The van der Waals surface area contributed by atoms with E-state index in [1.54, 1.807) is 10.8 Å². The van der Waals surface area contributed by atoms with E-state index >= 15 is 0 Å². The quantitative estimate of drug-likeness (QED) is 0.607. The molecule has 0 fully saturated rings. The minimum atomic E-state index is -0.484. The molecule has 3 heterocycles. The zero-order chi connectivity index (χ0) is 12.0. The summed E-state index contributed by atoms with van der Waals surface area (Å²) in [5, 5.41) is 3.35. The minimum Gasteiger partial charge on any atom is -0.369 e. The predicted octanol–water partition coefficient (Wildman–Crippen LogP) is 1.03. The lowest BCUT2D eigenvalue weighted by molar-refractivity contribution is 0.599. The van der Waals surface area contributed by atoms with Gasteiger partial charge in [0.1, 0.15) is 17.1 Å². The summed E-state index contributed by atoms with van der Waals surface area (Å²) in [4.78, 5) is 19.8. The normalized spacial score (nSPS) is 13.8. The minimum absolute atomic E-state index is 0.0926. The number of anilines is 1. The number of nitrogens with zero attached hydrogens (tertiary/aromatic N) is 3. The summed E-state index contributed by atoms with van der Waals surface area (Å²) in [6.45, 7) is 1.33. The van der Waals surface area contributed by atoms with Crippen LogP contribution in [-0.4, -0.2) is 27.3 Å². The van der Waals surface area contributed by atoms with E-state index in [9.17, 15) is 9.18 Å². The second-order valence-corrected chi connectivity index (χ2v) is 4.46. The van der Waals surface area contributed by atoms with E-state index in [1.807, 2.05) is 0 Å². The topological polar surface area (TPSA) is 59.8 Å². The van der Waals surface area contributed by atoms with Crippen molar-refractivity contribution in [3.05, 3.63) is 22.4 Å². The molecule has 0 aliphatic carbocycles. The summed E-state index contributed by atoms with van der Waals surface area (Å²) in [6, 6.07) is 0. The SMILES string of the molecule is CSc1nc2c(F)cn3c(c-2c(=O)n1)NCC3. The Labute approximate surface area is 100 Å². The van der Waals surface area contributed by atoms with Crippen LogP contribution in [0.25, 0.3) is 11.3 Å². The lowest BCUT2D eigenvalue weighted by Crippen LogP contribution is -2.17. The van der Waals surface area contributed by atoms with Gasteiger partial charge in [-0.05, 0) is 6.26 Å². The van der Waals surface area contributed by atoms with Gasteiger partial charge in [0.25, 0.3) is 5.56 Å². The van der Waals surface area contributed by atoms with Gasteiger partial charge in [0.15, 0.2) is 11.0 Å². The molecular weight excluding hydrogens is 243 g/mol. The monoisotopic (exact) mass is 252 g/mol. The number of hydrogen-bond acceptors (Lipinski definition) is 5. The number of hydrogen-bond donors (Lipinski definition) is 1. The molecule has 0 amide bonds. The molecule has 0 unspecified atom stereocenters. The van der Waals surface area contributed by atoms with Gasteiger partial charge in [-0.1, -0.05) is 11.8 Å². The van der Waals surface area contributed by atoms with E-state index in [2.05, 4.69) is 15.3 Å². The summed E-state index contributed by atoms with van der Waals surface area (Å²) < 4.78 is 15.5. The molecule has 0 aromatic heterocycles. The van der Waals surface area contributed by atoms with Crippen LogP contribution in [0.2, 0.25) is 0 Å². The Morgan fingerprint density at radius 1 is 1.53 bits per heavy atom. The smallest absolute Gasteiger partial charge is 0.285 e. The zero-order valence-corrected chi connectivity index (χ0v) is 9.84. The van der Waals surface area contributed by atoms with E-state index in [0.29, 0.717) is 24.1 Å². The maximum atomic E-state index is 13.9. The van der Waals surface area contributed by atoms with Crippen LogP contribution in [0.4, 0.5) is 10.2 Å². The Morgan fingerprint density at radius 3 is 3.12 bits per heavy atom. The van der Waals surface area contributed by atoms with Crippen molar-refractivity contribution in [1.29, 1.82) is 0 Å². The van der Waals surface area contributed by atoms with Gasteiger partial charge in [0.05, 0.1) is 0 Å². The molecule has 7 heteroatoms. The first-order chi connectivity index (χ1) is 8.20. The van der Waals surface area contributed by atoms with E-state index in [-0.39, 0.29) is 11.3 Å². The van der Waals surface area contributed by atoms with Gasteiger partial charge in [0, 0.05) is 19.3 Å². The number of fused-ring (bicyclic) bond motifs is 3. The lowest BCUT2D eigenvalue weighted by atomic mass is 10.2. The Balaban J connectivity index is 2.42. The fraction of sp³-hybridized carbons (Fsp3) is 0.300. The van der Waals surface area contributed by atoms with Crippen molar-refractivity contribution in [1.82, 2.24) is 14.5 Å². The highest BCUT2D eigenvalue weighted by Crippen LogP contribution is 2.30. The summed E-state index contributed by atoms with van der Waals surface area (Å²) in [5.74, 6) is 0.126. The third-order valence-electron chi connectivity index (χ3n) is 2.70. The molecule has 88 valence electrons. The Hall–Kier alpha value is -1.63. The van der Waals surface area contributed by atoms with Crippen molar-refractivity contribution in [2.45, 2.75) is 11.7 Å². The first kappa shape index (κ1) is 10.5. The van der Waals surface area contributed by atoms with E-state index in [0.717, 1.165) is 0 Å². The van der Waals surface area contributed by atoms with Crippen LogP contribution in [0, 0.1) is 5.82 Å². The molecule has 0 saturated carbocycles. The molecule has 1 N–H and O–H groups in total. The van der Waals surface area contributed by atoms with Gasteiger partial charge >= 0.3 is 0 Å². The van der Waals surface area contributed by atoms with Crippen LogP contribution in [0.5, 0.6) is 0 Å². The van der Waals surface area contributed by atoms with Crippen LogP contribution < -0.4 is 10.9 Å². The third kappa shape index (κ3) is 1.49. The first-order valence-electron chi connectivity index (χ1n) is 5.09. The standard InChI is InChI=1S/C10H9FN4OS/c1-17-10-13-7-5(11)4-15-3-2-12-8(15)6(7)9(16)14-10/h4,12H,2-3H2,1H3. The van der Waals surface area contributed by atoms with E-state index < -0.39 is 11.4 Å². The van der Waals surface area contributed by atoms with Crippen molar-refractivity contribution >= 4 is 17.6 Å². The fourth-order valence-electron chi connectivity index (χ4n) is 1.97. The van der Waals surface area contributed by atoms with Crippen LogP contribution in [0.1, 0.15) is 0 Å². The molecule has 0 aromatic carbocycles. The third-order valence-corrected chi connectivity index (χ3v) is 3.25. The molecule has 0 saturated heterocycles. The molecule has 0 aromatic rings. The molecule has 0 radical (unpaired) electrons. The van der Waals surface area contributed by atoms with Crippen molar-refractivity contribution in [3.8, 4) is 11.3 Å². The Kier molecular flexibility index (Phi) is 2.29. The van der Waals surface area contributed by atoms with Crippen molar-refractivity contribution in [3.63, 3.8) is 0 Å². The van der Waals surface area contributed by atoms with Gasteiger partial charge in [0.2, 0.25) is 0 Å². The highest BCUT2D eigenvalue weighted by Gasteiger charge is 2.25. The van der Waals surface area contributed by atoms with Gasteiger partial charge in [-0.25, -0.2) is 9.37 Å². The Bertz CT molecular complexity index is 627. The largest absolute Gasteiger partial charge is 0.369 e. The van der Waals surface area contributed by atoms with Crippen LogP contribution in [0.15, 0.2) is 16.1 Å². The van der Waals surface area contributed by atoms with Gasteiger partial charge < -0.3 is 9.88 Å². The number of nitrogens with one attached hydrogen (secondary N) is 1. The number of aromatic nitrogens is 3. The molecule has 0 bridgehead atoms. The van der Waals surface area contributed by atoms with Crippen LogP contribution >= 0.6 is 11.8 Å². The van der Waals surface area contributed by atoms with E-state index in [4.69, 9.17) is 0 Å². The van der Waals surface area contributed by atoms with Gasteiger partial charge in [-0.3, -0.25) is 4.79 Å². The molecule has 3 aliphatic heterocycles. The summed E-state index contributed by atoms with van der Waals surface area (Å²) in [6.07, 6.45) is 3.12. The molecule has 3 aliphatic rings. The summed E-state index contributed by atoms with van der Waals surface area (Å²) >= 11 is 1.22. The van der Waals surface area contributed by atoms with E-state index in [1.165, 1.54) is 18.0 Å². The average molecular weight is 252 g/mol. The average Bonchev–Trinajstić information content (AvgIpc) is 2.76. The van der Waals surface area contributed by atoms with Crippen molar-refractivity contribution < 1.29 is 4.39 Å². The zero-order valence-electron chi connectivity index (χ0n) is 9.03. The van der Waals surface area contributed by atoms with Crippen molar-refractivity contribution in [2.75, 3.05) is 18.1 Å². The fourth-order valence-corrected chi connectivity index (χ4v) is 2.32. The summed E-state index contributed by atoms with van der Waals surface area (Å²) in [7, 11) is 0. The predicted molar refractivity (Wildman–Crippen MR) is 63.1 cm³/mol. The summed E-state index contributed by atoms with van der Waals surface area (Å²) in [5.41, 5.74) is -0.104. The Morgan fingerprint density at radius 2 is 2.35 bits per heavy atom. The highest BCUT2D eigenvalue weighted by atomic mass is 32.2. The molecule has 5 nitrogen and oxygen atoms in total. The number of rotatable bonds is 1. The number of halogens is 1. The van der Waals surface area contributed by atoms with Crippen LogP contribution in [0.3, 0.4) is 0 Å². The van der Waals surface area contributed by atoms with Gasteiger partial charge in [-0.2, -0.15) is 4.98 Å². The highest BCUT2D eigenvalue weighted by molar-refractivity contribution is 7.98. The number of pyridine rings is 1. The first-order valence-corrected chi connectivity index (χ1v) is 6.31. The molecule has 0 spiro atoms. The second-order valence-electron chi connectivity index (χ2n) is 3.68. The van der Waals surface area contributed by atoms with Gasteiger partial charge in [-0.15, -0.1) is 0 Å². The van der Waals surface area contributed by atoms with Crippen molar-refractivity contribution in [2.24, 2.45) is 0 Å². The second kappa shape index (κ2) is 3.69. The molecule has 17 heavy (non-hydrogen) atoms. The lowest BCUT2D eigenvalue weighted by Gasteiger charge is -2.12. The maximum absolute atomic E-state index is 13.9. The maximum Gasteiger partial charge on any atom is 0.285 e. The molecule has 0 atom stereocenters.